The summed E-state index contributed by atoms with van der Waals surface area (Å²) in [4.78, 5) is 11.7. The van der Waals surface area contributed by atoms with E-state index in [1.165, 1.54) is 7.11 Å². The van der Waals surface area contributed by atoms with E-state index in [0.29, 0.717) is 38.2 Å². The van der Waals surface area contributed by atoms with Gasteiger partial charge < -0.3 is 18.9 Å². The highest BCUT2D eigenvalue weighted by Crippen LogP contribution is 2.39. The van der Waals surface area contributed by atoms with Crippen LogP contribution < -0.4 is 14.2 Å². The third-order valence-corrected chi connectivity index (χ3v) is 9.15. The molecule has 0 amide bonds. The largest absolute Gasteiger partial charge is 0.492 e. The van der Waals surface area contributed by atoms with Crippen LogP contribution in [0.2, 0.25) is 0 Å². The van der Waals surface area contributed by atoms with Crippen molar-refractivity contribution >= 4 is 15.8 Å². The second kappa shape index (κ2) is 11.3. The Morgan fingerprint density at radius 1 is 0.974 bits per heavy atom. The van der Waals surface area contributed by atoms with Crippen molar-refractivity contribution in [3.05, 3.63) is 76.9 Å². The Morgan fingerprint density at radius 2 is 1.72 bits per heavy atom. The fourth-order valence-electron chi connectivity index (χ4n) is 5.41. The number of methoxy groups -OCH3 is 1. The molecule has 0 radical (unpaired) electrons. The minimum absolute atomic E-state index is 0.000240. The maximum atomic E-state index is 11.7. The third kappa shape index (κ3) is 6.38. The molecule has 206 valence electrons. The van der Waals surface area contributed by atoms with E-state index in [1.54, 1.807) is 0 Å². The molecule has 2 heterocycles. The number of rotatable bonds is 8. The van der Waals surface area contributed by atoms with Gasteiger partial charge in [-0.2, -0.15) is 0 Å². The second-order valence-corrected chi connectivity index (χ2v) is 12.7. The number of sulfone groups is 1. The van der Waals surface area contributed by atoms with Crippen LogP contribution >= 0.6 is 0 Å². The molecule has 0 N–H and O–H groups in total. The van der Waals surface area contributed by atoms with Gasteiger partial charge in [-0.3, -0.25) is 4.79 Å². The molecule has 0 aliphatic carbocycles. The van der Waals surface area contributed by atoms with Gasteiger partial charge in [0.25, 0.3) is 0 Å². The number of carbonyl (C=O) groups excluding carboxylic acids is 1. The zero-order chi connectivity index (χ0) is 27.6. The highest BCUT2D eigenvalue weighted by molar-refractivity contribution is 7.91. The molecule has 1 unspecified atom stereocenters. The molecule has 0 aromatic heterocycles. The molecule has 1 saturated heterocycles. The highest BCUT2D eigenvalue weighted by Gasteiger charge is 2.27. The monoisotopic (exact) mass is 550 g/mol. The number of esters is 1. The van der Waals surface area contributed by atoms with Crippen LogP contribution in [0.25, 0.3) is 11.1 Å². The van der Waals surface area contributed by atoms with Gasteiger partial charge in [-0.05, 0) is 78.8 Å². The van der Waals surface area contributed by atoms with Gasteiger partial charge in [0, 0.05) is 17.5 Å². The van der Waals surface area contributed by atoms with Crippen LogP contribution in [0.4, 0.5) is 0 Å². The van der Waals surface area contributed by atoms with Crippen molar-refractivity contribution < 1.29 is 32.2 Å². The molecule has 3 aromatic carbocycles. The Bertz CT molecular complexity index is 1440. The fourth-order valence-corrected chi connectivity index (χ4v) is 6.86. The van der Waals surface area contributed by atoms with E-state index in [0.717, 1.165) is 44.9 Å². The van der Waals surface area contributed by atoms with E-state index in [2.05, 4.69) is 26.0 Å². The molecule has 8 heteroatoms. The Kier molecular flexibility index (Phi) is 7.84. The first-order valence-electron chi connectivity index (χ1n) is 13.2. The quantitative estimate of drug-likeness (QED) is 0.340. The molecule has 0 saturated carbocycles. The second-order valence-electron chi connectivity index (χ2n) is 10.4. The van der Waals surface area contributed by atoms with Crippen molar-refractivity contribution in [2.24, 2.45) is 0 Å². The van der Waals surface area contributed by atoms with E-state index < -0.39 is 9.84 Å². The molecule has 39 heavy (non-hydrogen) atoms. The standard InChI is InChI=1S/C31H34O7S/c1-20-13-27(38-25-9-11-39(33,34)12-10-25)14-21(2)31(20)23-6-4-5-22(15-23)18-36-26-7-8-28-24(16-30(32)35-3)19-37-29(28)17-26/h4-8,13-15,17,24-25H,9-12,16,18-19H2,1-3H3. The van der Waals surface area contributed by atoms with E-state index in [-0.39, 0.29) is 29.5 Å². The lowest BCUT2D eigenvalue weighted by Crippen LogP contribution is -2.30. The SMILES string of the molecule is COC(=O)CC1COc2cc(OCc3cccc(-c4c(C)cc(OC5CCS(=O)(=O)CC5)cc4C)c3)ccc21. The van der Waals surface area contributed by atoms with Crippen LogP contribution in [0.5, 0.6) is 17.2 Å². The molecule has 1 fully saturated rings. The number of hydrogen-bond donors (Lipinski definition) is 0. The summed E-state index contributed by atoms with van der Waals surface area (Å²) in [6.45, 7) is 5.01. The van der Waals surface area contributed by atoms with Gasteiger partial charge in [0.1, 0.15) is 30.0 Å². The van der Waals surface area contributed by atoms with E-state index in [9.17, 15) is 13.2 Å². The predicted octanol–water partition coefficient (Wildman–Crippen LogP) is 5.54. The van der Waals surface area contributed by atoms with Gasteiger partial charge in [0.15, 0.2) is 9.84 Å². The maximum Gasteiger partial charge on any atom is 0.306 e. The van der Waals surface area contributed by atoms with Crippen molar-refractivity contribution in [1.29, 1.82) is 0 Å². The van der Waals surface area contributed by atoms with Crippen LogP contribution in [0.3, 0.4) is 0 Å². The molecule has 1 atom stereocenters. The summed E-state index contributed by atoms with van der Waals surface area (Å²) in [6, 6.07) is 18.1. The molecule has 0 spiro atoms. The zero-order valence-electron chi connectivity index (χ0n) is 22.6. The first kappa shape index (κ1) is 27.1. The van der Waals surface area contributed by atoms with E-state index >= 15 is 0 Å². The Balaban J connectivity index is 1.25. The summed E-state index contributed by atoms with van der Waals surface area (Å²) in [6.07, 6.45) is 1.30. The molecule has 3 aromatic rings. The summed E-state index contributed by atoms with van der Waals surface area (Å²) in [5, 5.41) is 0. The van der Waals surface area contributed by atoms with Gasteiger partial charge in [0.05, 0.1) is 31.6 Å². The average Bonchev–Trinajstić information content (AvgIpc) is 3.30. The van der Waals surface area contributed by atoms with Crippen molar-refractivity contribution in [2.75, 3.05) is 25.2 Å². The Morgan fingerprint density at radius 3 is 2.44 bits per heavy atom. The van der Waals surface area contributed by atoms with Crippen molar-refractivity contribution in [1.82, 2.24) is 0 Å². The molecule has 2 aliphatic rings. The number of hydrogen-bond acceptors (Lipinski definition) is 7. The van der Waals surface area contributed by atoms with Crippen LogP contribution in [0.15, 0.2) is 54.6 Å². The summed E-state index contributed by atoms with van der Waals surface area (Å²) >= 11 is 0. The van der Waals surface area contributed by atoms with Crippen LogP contribution in [-0.4, -0.2) is 45.7 Å². The zero-order valence-corrected chi connectivity index (χ0v) is 23.4. The highest BCUT2D eigenvalue weighted by atomic mass is 32.2. The minimum atomic E-state index is -2.92. The number of aryl methyl sites for hydroxylation is 2. The first-order valence-corrected chi connectivity index (χ1v) is 15.1. The van der Waals surface area contributed by atoms with E-state index in [1.807, 2.05) is 42.5 Å². The lowest BCUT2D eigenvalue weighted by Gasteiger charge is -2.24. The fraction of sp³-hybridized carbons (Fsp3) is 0.387. The summed E-state index contributed by atoms with van der Waals surface area (Å²) in [7, 11) is -1.52. The average molecular weight is 551 g/mol. The third-order valence-electron chi connectivity index (χ3n) is 7.44. The lowest BCUT2D eigenvalue weighted by atomic mass is 9.94. The smallest absolute Gasteiger partial charge is 0.306 e. The van der Waals surface area contributed by atoms with Gasteiger partial charge in [0.2, 0.25) is 0 Å². The summed E-state index contributed by atoms with van der Waals surface area (Å²) < 4.78 is 46.3. The van der Waals surface area contributed by atoms with Crippen LogP contribution in [0.1, 0.15) is 47.4 Å². The number of fused-ring (bicyclic) bond motifs is 1. The lowest BCUT2D eigenvalue weighted by molar-refractivity contribution is -0.141. The Hall–Kier alpha value is -3.52. The first-order chi connectivity index (χ1) is 18.7. The van der Waals surface area contributed by atoms with Gasteiger partial charge in [-0.1, -0.05) is 24.3 Å². The van der Waals surface area contributed by atoms with Crippen molar-refractivity contribution in [3.8, 4) is 28.4 Å². The molecule has 2 aliphatic heterocycles. The molecular weight excluding hydrogens is 516 g/mol. The van der Waals surface area contributed by atoms with Gasteiger partial charge in [-0.25, -0.2) is 8.42 Å². The maximum absolute atomic E-state index is 11.7. The number of carbonyl (C=O) groups is 1. The van der Waals surface area contributed by atoms with Crippen molar-refractivity contribution in [3.63, 3.8) is 0 Å². The number of benzene rings is 3. The van der Waals surface area contributed by atoms with Gasteiger partial charge >= 0.3 is 5.97 Å². The van der Waals surface area contributed by atoms with Crippen molar-refractivity contribution in [2.45, 2.75) is 51.7 Å². The summed E-state index contributed by atoms with van der Waals surface area (Å²) in [5.41, 5.74) is 6.50. The van der Waals surface area contributed by atoms with Crippen LogP contribution in [0, 0.1) is 13.8 Å². The Labute approximate surface area is 230 Å². The minimum Gasteiger partial charge on any atom is -0.492 e. The summed E-state index contributed by atoms with van der Waals surface area (Å²) in [5.74, 6) is 2.38. The molecule has 5 rings (SSSR count). The van der Waals surface area contributed by atoms with Crippen LogP contribution in [-0.2, 0) is 26.0 Å². The number of ether oxygens (including phenoxy) is 4. The molecular formula is C31H34O7S. The topological polar surface area (TPSA) is 88.1 Å². The molecule has 0 bridgehead atoms. The van der Waals surface area contributed by atoms with Gasteiger partial charge in [-0.15, -0.1) is 0 Å². The normalized spacial score (nSPS) is 18.2. The van der Waals surface area contributed by atoms with E-state index in [4.69, 9.17) is 18.9 Å². The predicted molar refractivity (Wildman–Crippen MR) is 149 cm³/mol. The molecule has 7 nitrogen and oxygen atoms in total.